The topological polar surface area (TPSA) is 146 Å². The van der Waals surface area contributed by atoms with Crippen LogP contribution in [0.5, 0.6) is 0 Å². The number of likely N-dealkylation sites (tertiary alicyclic amines) is 1. The third kappa shape index (κ3) is 6.65. The van der Waals surface area contributed by atoms with Gasteiger partial charge in [-0.25, -0.2) is 19.6 Å². The highest BCUT2D eigenvalue weighted by molar-refractivity contribution is 6.02. The molecule has 272 valence electrons. The number of carbonyl (C=O) groups is 3. The van der Waals surface area contributed by atoms with Gasteiger partial charge in [-0.15, -0.1) is 0 Å². The zero-order valence-electron chi connectivity index (χ0n) is 30.3. The van der Waals surface area contributed by atoms with E-state index in [1.165, 1.54) is 7.11 Å². The van der Waals surface area contributed by atoms with E-state index in [2.05, 4.69) is 80.9 Å². The fourth-order valence-corrected chi connectivity index (χ4v) is 7.76. The third-order valence-electron chi connectivity index (χ3n) is 10.3. The first kappa shape index (κ1) is 34.2. The Bertz CT molecular complexity index is 2170. The predicted molar refractivity (Wildman–Crippen MR) is 200 cm³/mol. The van der Waals surface area contributed by atoms with Crippen LogP contribution in [0.15, 0.2) is 79.1 Å². The number of aryl methyl sites for hydroxylation is 1. The summed E-state index contributed by atoms with van der Waals surface area (Å²) >= 11 is 0. The fourth-order valence-electron chi connectivity index (χ4n) is 7.76. The molecule has 0 saturated carbocycles. The van der Waals surface area contributed by atoms with E-state index < -0.39 is 17.7 Å². The summed E-state index contributed by atoms with van der Waals surface area (Å²) in [6.07, 6.45) is 6.25. The summed E-state index contributed by atoms with van der Waals surface area (Å²) in [7, 11) is 1.30. The van der Waals surface area contributed by atoms with Gasteiger partial charge in [0.05, 0.1) is 48.7 Å². The Hall–Kier alpha value is -5.91. The van der Waals surface area contributed by atoms with Crippen molar-refractivity contribution < 1.29 is 23.9 Å². The number of ether oxygens (including phenoxy) is 2. The van der Waals surface area contributed by atoms with Crippen LogP contribution in [-0.2, 0) is 27.1 Å². The van der Waals surface area contributed by atoms with Gasteiger partial charge in [0.2, 0.25) is 5.91 Å². The summed E-state index contributed by atoms with van der Waals surface area (Å²) in [6.45, 7) is 6.29. The SMILES string of the molecule is COC(=O)NC1CCc2cccc3c2N(C1=O)C(c1ncc(-c2ccc(-c4ccc(-c5cnc(C6CCCN6C(=O)OC(C)(C)C)[nH]5)cc4)cc2)[nH]1)C3. The second kappa shape index (κ2) is 13.6. The molecule has 12 heteroatoms. The molecule has 3 aliphatic rings. The maximum Gasteiger partial charge on any atom is 0.410 e. The lowest BCUT2D eigenvalue weighted by molar-refractivity contribution is -0.121. The standard InChI is InChI=1S/C41H43N7O5/c1-41(2,3)53-40(51)47-20-6-9-33(47)36-42-22-31(44-36)26-14-10-24(11-15-26)25-12-16-27(17-13-25)32-23-43-37(45-32)34-21-29-8-5-7-28-18-19-30(46-39(50)52-4)38(49)48(34)35(28)29/h5,7-8,10-17,22-23,30,33-34H,6,9,18-21H2,1-4H3,(H,42,44)(H,43,45)(H,46,50). The first-order valence-electron chi connectivity index (χ1n) is 18.2. The Morgan fingerprint density at radius 3 is 2.00 bits per heavy atom. The molecule has 8 rings (SSSR count). The Kier molecular flexibility index (Phi) is 8.76. The van der Waals surface area contributed by atoms with E-state index in [-0.39, 0.29) is 24.1 Å². The zero-order chi connectivity index (χ0) is 36.9. The number of hydrogen-bond donors (Lipinski definition) is 3. The van der Waals surface area contributed by atoms with Crippen LogP contribution in [0.2, 0.25) is 0 Å². The highest BCUT2D eigenvalue weighted by Crippen LogP contribution is 2.44. The summed E-state index contributed by atoms with van der Waals surface area (Å²) in [5.41, 5.74) is 8.44. The molecule has 1 fully saturated rings. The number of imidazole rings is 2. The van der Waals surface area contributed by atoms with E-state index in [0.29, 0.717) is 31.6 Å². The van der Waals surface area contributed by atoms with Crippen molar-refractivity contribution in [3.63, 3.8) is 0 Å². The number of hydrogen-bond acceptors (Lipinski definition) is 7. The molecule has 1 saturated heterocycles. The van der Waals surface area contributed by atoms with E-state index in [0.717, 1.165) is 69.1 Å². The molecule has 3 N–H and O–H groups in total. The van der Waals surface area contributed by atoms with Gasteiger partial charge in [-0.1, -0.05) is 66.7 Å². The number of H-pyrrole nitrogens is 2. The quantitative estimate of drug-likeness (QED) is 0.165. The fraction of sp³-hybridized carbons (Fsp3) is 0.341. The summed E-state index contributed by atoms with van der Waals surface area (Å²) in [5.74, 6) is 1.30. The van der Waals surface area contributed by atoms with Gasteiger partial charge < -0.3 is 24.8 Å². The smallest absolute Gasteiger partial charge is 0.410 e. The Morgan fingerprint density at radius 1 is 0.811 bits per heavy atom. The van der Waals surface area contributed by atoms with E-state index in [9.17, 15) is 14.4 Å². The summed E-state index contributed by atoms with van der Waals surface area (Å²) in [5, 5.41) is 2.73. The second-order valence-corrected chi connectivity index (χ2v) is 14.9. The maximum atomic E-state index is 13.9. The first-order valence-corrected chi connectivity index (χ1v) is 18.2. The molecule has 0 aliphatic carbocycles. The van der Waals surface area contributed by atoms with Crippen LogP contribution in [0.25, 0.3) is 33.6 Å². The number of aromatic nitrogens is 4. The Labute approximate surface area is 307 Å². The van der Waals surface area contributed by atoms with Gasteiger partial charge in [0.1, 0.15) is 23.3 Å². The van der Waals surface area contributed by atoms with Crippen LogP contribution in [-0.4, -0.2) is 68.2 Å². The average molecular weight is 714 g/mol. The molecule has 5 heterocycles. The number of anilines is 1. The molecule has 3 aromatic carbocycles. The lowest BCUT2D eigenvalue weighted by Crippen LogP contribution is -2.48. The molecule has 0 radical (unpaired) electrons. The van der Waals surface area contributed by atoms with Gasteiger partial charge in [0.15, 0.2) is 0 Å². The number of amides is 3. The number of para-hydroxylation sites is 1. The van der Waals surface area contributed by atoms with Gasteiger partial charge >= 0.3 is 12.2 Å². The number of benzene rings is 3. The lowest BCUT2D eigenvalue weighted by atomic mass is 10.0. The molecule has 3 unspecified atom stereocenters. The minimum absolute atomic E-state index is 0.135. The van der Waals surface area contributed by atoms with E-state index in [1.807, 2.05) is 44.1 Å². The summed E-state index contributed by atoms with van der Waals surface area (Å²) in [6, 6.07) is 21.6. The van der Waals surface area contributed by atoms with Gasteiger partial charge in [0, 0.05) is 13.0 Å². The predicted octanol–water partition coefficient (Wildman–Crippen LogP) is 7.51. The van der Waals surface area contributed by atoms with Gasteiger partial charge in [-0.3, -0.25) is 14.6 Å². The van der Waals surface area contributed by atoms with Crippen molar-refractivity contribution in [2.45, 2.75) is 76.6 Å². The van der Waals surface area contributed by atoms with Crippen molar-refractivity contribution in [3.05, 3.63) is 102 Å². The van der Waals surface area contributed by atoms with Crippen molar-refractivity contribution in [3.8, 4) is 33.6 Å². The highest BCUT2D eigenvalue weighted by atomic mass is 16.6. The number of carbonyl (C=O) groups excluding carboxylic acids is 3. The molecule has 0 bridgehead atoms. The second-order valence-electron chi connectivity index (χ2n) is 14.9. The Balaban J connectivity index is 0.962. The molecule has 3 atom stereocenters. The number of rotatable bonds is 6. The highest BCUT2D eigenvalue weighted by Gasteiger charge is 2.43. The van der Waals surface area contributed by atoms with Crippen LogP contribution in [0.3, 0.4) is 0 Å². The third-order valence-corrected chi connectivity index (χ3v) is 10.3. The zero-order valence-corrected chi connectivity index (χ0v) is 30.3. The minimum atomic E-state index is -0.690. The van der Waals surface area contributed by atoms with Crippen LogP contribution in [0.4, 0.5) is 15.3 Å². The molecular formula is C41H43N7O5. The number of nitrogens with zero attached hydrogens (tertiary/aromatic N) is 4. The molecule has 3 amide bonds. The minimum Gasteiger partial charge on any atom is -0.453 e. The summed E-state index contributed by atoms with van der Waals surface area (Å²) < 4.78 is 10.4. The largest absolute Gasteiger partial charge is 0.453 e. The van der Waals surface area contributed by atoms with Crippen LogP contribution < -0.4 is 10.2 Å². The van der Waals surface area contributed by atoms with E-state index in [4.69, 9.17) is 14.5 Å². The van der Waals surface area contributed by atoms with Gasteiger partial charge in [-0.05, 0) is 79.8 Å². The molecule has 3 aliphatic heterocycles. The monoisotopic (exact) mass is 713 g/mol. The van der Waals surface area contributed by atoms with Crippen molar-refractivity contribution in [1.82, 2.24) is 30.2 Å². The maximum absolute atomic E-state index is 13.9. The average Bonchev–Trinajstić information content (AvgIpc) is 3.97. The first-order chi connectivity index (χ1) is 25.6. The lowest BCUT2D eigenvalue weighted by Gasteiger charge is -2.27. The van der Waals surface area contributed by atoms with Crippen molar-refractivity contribution in [2.24, 2.45) is 0 Å². The number of aromatic amines is 2. The summed E-state index contributed by atoms with van der Waals surface area (Å²) in [4.78, 5) is 58.7. The van der Waals surface area contributed by atoms with Crippen molar-refractivity contribution >= 4 is 23.8 Å². The van der Waals surface area contributed by atoms with Crippen LogP contribution in [0.1, 0.15) is 74.9 Å². The number of alkyl carbamates (subject to hydrolysis) is 1. The van der Waals surface area contributed by atoms with Crippen LogP contribution in [0, 0.1) is 0 Å². The number of nitrogens with one attached hydrogen (secondary N) is 3. The molecule has 0 spiro atoms. The Morgan fingerprint density at radius 2 is 1.40 bits per heavy atom. The molecular weight excluding hydrogens is 670 g/mol. The van der Waals surface area contributed by atoms with E-state index in [1.54, 1.807) is 4.90 Å². The molecule has 5 aromatic rings. The van der Waals surface area contributed by atoms with Gasteiger partial charge in [-0.2, -0.15) is 0 Å². The van der Waals surface area contributed by atoms with Crippen molar-refractivity contribution in [2.75, 3.05) is 18.6 Å². The van der Waals surface area contributed by atoms with E-state index >= 15 is 0 Å². The normalized spacial score (nSPS) is 19.5. The number of methoxy groups -OCH3 is 1. The van der Waals surface area contributed by atoms with Gasteiger partial charge in [0.25, 0.3) is 0 Å². The molecule has 12 nitrogen and oxygen atoms in total. The molecule has 2 aromatic heterocycles. The van der Waals surface area contributed by atoms with Crippen LogP contribution >= 0.6 is 0 Å². The van der Waals surface area contributed by atoms with Crippen molar-refractivity contribution in [1.29, 1.82) is 0 Å². The molecule has 53 heavy (non-hydrogen) atoms.